The van der Waals surface area contributed by atoms with Gasteiger partial charge < -0.3 is 0 Å². The van der Waals surface area contributed by atoms with E-state index in [1.807, 2.05) is 0 Å². The van der Waals surface area contributed by atoms with Gasteiger partial charge in [-0.15, -0.1) is 0 Å². The maximum Gasteiger partial charge on any atom is 0.0692 e. The molecule has 0 aliphatic carbocycles. The molecular formula is C14H27N. The van der Waals surface area contributed by atoms with Crippen molar-refractivity contribution in [3.8, 4) is 6.07 Å². The van der Waals surface area contributed by atoms with Gasteiger partial charge in [0.25, 0.3) is 0 Å². The highest BCUT2D eigenvalue weighted by molar-refractivity contribution is 5.06. The first-order valence-corrected chi connectivity index (χ1v) is 6.05. The van der Waals surface area contributed by atoms with Crippen molar-refractivity contribution in [2.75, 3.05) is 0 Å². The van der Waals surface area contributed by atoms with E-state index in [0.717, 1.165) is 19.3 Å². The van der Waals surface area contributed by atoms with Crippen LogP contribution >= 0.6 is 0 Å². The molecule has 0 aliphatic rings. The molecule has 1 nitrogen and oxygen atoms in total. The highest BCUT2D eigenvalue weighted by Gasteiger charge is 2.43. The second kappa shape index (κ2) is 4.56. The third kappa shape index (κ3) is 3.23. The van der Waals surface area contributed by atoms with Gasteiger partial charge in [-0.25, -0.2) is 0 Å². The Kier molecular flexibility index (Phi) is 4.40. The molecule has 0 aromatic rings. The molecule has 1 unspecified atom stereocenters. The quantitative estimate of drug-likeness (QED) is 0.639. The van der Waals surface area contributed by atoms with E-state index >= 15 is 0 Å². The minimum atomic E-state index is -0.221. The summed E-state index contributed by atoms with van der Waals surface area (Å²) in [5, 5.41) is 9.46. The molecule has 15 heavy (non-hydrogen) atoms. The van der Waals surface area contributed by atoms with Gasteiger partial charge in [0.15, 0.2) is 0 Å². The largest absolute Gasteiger partial charge is 0.198 e. The molecule has 0 aromatic heterocycles. The normalized spacial score (nSPS) is 16.9. The third-order valence-corrected chi connectivity index (χ3v) is 4.41. The van der Waals surface area contributed by atoms with Gasteiger partial charge in [0.2, 0.25) is 0 Å². The first kappa shape index (κ1) is 14.5. The molecule has 0 heterocycles. The van der Waals surface area contributed by atoms with Crippen LogP contribution in [0.5, 0.6) is 0 Å². The Hall–Kier alpha value is -0.510. The Labute approximate surface area is 95.9 Å². The first-order valence-electron chi connectivity index (χ1n) is 6.05. The highest BCUT2D eigenvalue weighted by atomic mass is 14.5. The monoisotopic (exact) mass is 209 g/mol. The number of nitrogens with zero attached hydrogens (tertiary/aromatic N) is 1. The van der Waals surface area contributed by atoms with Crippen LogP contribution in [0.25, 0.3) is 0 Å². The van der Waals surface area contributed by atoms with Crippen LogP contribution < -0.4 is 0 Å². The fraction of sp³-hybridized carbons (Fsp3) is 0.929. The lowest BCUT2D eigenvalue weighted by Crippen LogP contribution is -2.37. The standard InChI is InChI=1S/C14H27N/c1-8-12(3,4)10-14(7,11-15)13(5,6)9-2/h8-10H2,1-7H3. The summed E-state index contributed by atoms with van der Waals surface area (Å²) in [6, 6.07) is 2.56. The smallest absolute Gasteiger partial charge is 0.0692 e. The summed E-state index contributed by atoms with van der Waals surface area (Å²) < 4.78 is 0. The molecule has 0 radical (unpaired) electrons. The van der Waals surface area contributed by atoms with Gasteiger partial charge in [-0.3, -0.25) is 0 Å². The van der Waals surface area contributed by atoms with Crippen LogP contribution in [0, 0.1) is 27.6 Å². The number of hydrogen-bond acceptors (Lipinski definition) is 1. The number of rotatable bonds is 5. The molecule has 0 aromatic carbocycles. The first-order chi connectivity index (χ1) is 6.64. The maximum atomic E-state index is 9.46. The zero-order chi connectivity index (χ0) is 12.3. The van der Waals surface area contributed by atoms with Crippen LogP contribution in [0.2, 0.25) is 0 Å². The van der Waals surface area contributed by atoms with Crippen molar-refractivity contribution in [3.63, 3.8) is 0 Å². The van der Waals surface area contributed by atoms with E-state index in [0.29, 0.717) is 0 Å². The summed E-state index contributed by atoms with van der Waals surface area (Å²) in [6.45, 7) is 15.4. The molecule has 0 spiro atoms. The van der Waals surface area contributed by atoms with Gasteiger partial charge in [0.05, 0.1) is 11.5 Å². The predicted molar refractivity (Wildman–Crippen MR) is 66.5 cm³/mol. The van der Waals surface area contributed by atoms with Crippen molar-refractivity contribution in [1.29, 1.82) is 5.26 Å². The zero-order valence-corrected chi connectivity index (χ0v) is 11.6. The van der Waals surface area contributed by atoms with Gasteiger partial charge in [0, 0.05) is 0 Å². The molecule has 88 valence electrons. The van der Waals surface area contributed by atoms with Crippen LogP contribution in [0.3, 0.4) is 0 Å². The summed E-state index contributed by atoms with van der Waals surface area (Å²) >= 11 is 0. The Bertz CT molecular complexity index is 245. The molecule has 0 fully saturated rings. The Morgan fingerprint density at radius 2 is 1.40 bits per heavy atom. The van der Waals surface area contributed by atoms with Gasteiger partial charge >= 0.3 is 0 Å². The lowest BCUT2D eigenvalue weighted by Gasteiger charge is -2.43. The van der Waals surface area contributed by atoms with Crippen molar-refractivity contribution in [2.45, 2.75) is 67.7 Å². The lowest BCUT2D eigenvalue weighted by molar-refractivity contribution is 0.0823. The third-order valence-electron chi connectivity index (χ3n) is 4.41. The van der Waals surface area contributed by atoms with Crippen molar-refractivity contribution >= 4 is 0 Å². The molecule has 1 heteroatoms. The van der Waals surface area contributed by atoms with E-state index in [9.17, 15) is 5.26 Å². The minimum Gasteiger partial charge on any atom is -0.198 e. The van der Waals surface area contributed by atoms with Crippen LogP contribution in [0.1, 0.15) is 67.7 Å². The van der Waals surface area contributed by atoms with E-state index < -0.39 is 0 Å². The van der Waals surface area contributed by atoms with Crippen molar-refractivity contribution in [1.82, 2.24) is 0 Å². The van der Waals surface area contributed by atoms with Crippen molar-refractivity contribution in [2.24, 2.45) is 16.2 Å². The summed E-state index contributed by atoms with van der Waals surface area (Å²) in [4.78, 5) is 0. The van der Waals surface area contributed by atoms with Gasteiger partial charge in [-0.05, 0) is 30.6 Å². The molecule has 0 N–H and O–H groups in total. The molecule has 1 atom stereocenters. The Balaban J connectivity index is 4.99. The van der Waals surface area contributed by atoms with E-state index in [-0.39, 0.29) is 16.2 Å². The fourth-order valence-corrected chi connectivity index (χ4v) is 1.90. The zero-order valence-electron chi connectivity index (χ0n) is 11.6. The van der Waals surface area contributed by atoms with Crippen LogP contribution in [-0.4, -0.2) is 0 Å². The highest BCUT2D eigenvalue weighted by Crippen LogP contribution is 2.48. The molecule has 0 aliphatic heterocycles. The Morgan fingerprint density at radius 3 is 1.67 bits per heavy atom. The summed E-state index contributed by atoms with van der Waals surface area (Å²) in [5.74, 6) is 0. The molecule has 0 amide bonds. The number of hydrogen-bond donors (Lipinski definition) is 0. The SMILES string of the molecule is CCC(C)(C)CC(C)(C#N)C(C)(C)CC. The minimum absolute atomic E-state index is 0.0915. The topological polar surface area (TPSA) is 23.8 Å². The second-order valence-corrected chi connectivity index (χ2v) is 6.38. The van der Waals surface area contributed by atoms with Gasteiger partial charge in [-0.2, -0.15) is 5.26 Å². The van der Waals surface area contributed by atoms with E-state index in [4.69, 9.17) is 0 Å². The van der Waals surface area contributed by atoms with Crippen molar-refractivity contribution < 1.29 is 0 Å². The second-order valence-electron chi connectivity index (χ2n) is 6.38. The molecule has 0 saturated carbocycles. The van der Waals surface area contributed by atoms with E-state index in [1.165, 1.54) is 0 Å². The molecule has 0 saturated heterocycles. The predicted octanol–water partition coefficient (Wildman–Crippen LogP) is 4.78. The number of nitriles is 1. The maximum absolute atomic E-state index is 9.46. The van der Waals surface area contributed by atoms with E-state index in [2.05, 4.69) is 54.5 Å². The molecular weight excluding hydrogens is 182 g/mol. The average molecular weight is 209 g/mol. The van der Waals surface area contributed by atoms with E-state index in [1.54, 1.807) is 0 Å². The Morgan fingerprint density at radius 1 is 0.933 bits per heavy atom. The summed E-state index contributed by atoms with van der Waals surface area (Å²) in [6.07, 6.45) is 3.16. The fourth-order valence-electron chi connectivity index (χ4n) is 1.90. The molecule has 0 rings (SSSR count). The average Bonchev–Trinajstić information content (AvgIpc) is 2.16. The lowest BCUT2D eigenvalue weighted by atomic mass is 9.59. The van der Waals surface area contributed by atoms with Crippen LogP contribution in [0.4, 0.5) is 0 Å². The van der Waals surface area contributed by atoms with Crippen molar-refractivity contribution in [3.05, 3.63) is 0 Å². The van der Waals surface area contributed by atoms with Gasteiger partial charge in [0.1, 0.15) is 0 Å². The van der Waals surface area contributed by atoms with Gasteiger partial charge in [-0.1, -0.05) is 48.0 Å². The molecule has 0 bridgehead atoms. The summed E-state index contributed by atoms with van der Waals surface area (Å²) in [5.41, 5.74) is 0.131. The summed E-state index contributed by atoms with van der Waals surface area (Å²) in [7, 11) is 0. The van der Waals surface area contributed by atoms with Crippen LogP contribution in [0.15, 0.2) is 0 Å². The van der Waals surface area contributed by atoms with Crippen LogP contribution in [-0.2, 0) is 0 Å².